The van der Waals surface area contributed by atoms with Crippen LogP contribution in [0.1, 0.15) is 73.1 Å². The van der Waals surface area contributed by atoms with Gasteiger partial charge in [0.25, 0.3) is 0 Å². The predicted octanol–water partition coefficient (Wildman–Crippen LogP) is 4.54. The zero-order valence-corrected chi connectivity index (χ0v) is 14.9. The van der Waals surface area contributed by atoms with Crippen molar-refractivity contribution in [3.63, 3.8) is 0 Å². The molecule has 3 heteroatoms. The molecule has 126 valence electrons. The van der Waals surface area contributed by atoms with Gasteiger partial charge in [0.05, 0.1) is 11.0 Å². The van der Waals surface area contributed by atoms with Crippen LogP contribution in [0.5, 0.6) is 0 Å². The standard InChI is InChI=1S/C19H32O3/c1-6-18(3,4)17(20)21-12(2)22-19(5)15-8-13-7-14(10-15)11-16(19)9-13/h12-16H,6-11H2,1-5H3. The SMILES string of the molecule is CCC(C)(C)C(=O)OC(C)OC1(C)C2CC3CC(C2)CC1C3. The average Bonchev–Trinajstić information content (AvgIpc) is 2.44. The summed E-state index contributed by atoms with van der Waals surface area (Å²) in [6.45, 7) is 10.1. The smallest absolute Gasteiger partial charge is 0.313 e. The van der Waals surface area contributed by atoms with Crippen molar-refractivity contribution in [1.82, 2.24) is 0 Å². The molecule has 4 rings (SSSR count). The highest BCUT2D eigenvalue weighted by molar-refractivity contribution is 5.75. The lowest BCUT2D eigenvalue weighted by Crippen LogP contribution is -2.58. The van der Waals surface area contributed by atoms with Gasteiger partial charge in [-0.15, -0.1) is 0 Å². The van der Waals surface area contributed by atoms with Gasteiger partial charge in [-0.2, -0.15) is 0 Å². The van der Waals surface area contributed by atoms with Gasteiger partial charge in [0.2, 0.25) is 6.29 Å². The molecule has 0 N–H and O–H groups in total. The normalized spacial score (nSPS) is 41.5. The van der Waals surface area contributed by atoms with Crippen molar-refractivity contribution in [2.24, 2.45) is 29.1 Å². The molecule has 3 nitrogen and oxygen atoms in total. The topological polar surface area (TPSA) is 35.5 Å². The van der Waals surface area contributed by atoms with Gasteiger partial charge in [-0.25, -0.2) is 0 Å². The molecule has 0 saturated heterocycles. The molecule has 1 unspecified atom stereocenters. The number of carbonyl (C=O) groups excluding carboxylic acids is 1. The molecule has 0 aromatic heterocycles. The van der Waals surface area contributed by atoms with Gasteiger partial charge in [0, 0.05) is 0 Å². The second-order valence-electron chi connectivity index (χ2n) is 8.82. The van der Waals surface area contributed by atoms with E-state index in [1.165, 1.54) is 32.1 Å². The maximum absolute atomic E-state index is 12.3. The first kappa shape index (κ1) is 16.3. The van der Waals surface area contributed by atoms with E-state index in [1.807, 2.05) is 27.7 Å². The molecule has 0 spiro atoms. The van der Waals surface area contributed by atoms with Crippen LogP contribution in [0.15, 0.2) is 0 Å². The highest BCUT2D eigenvalue weighted by atomic mass is 16.7. The summed E-state index contributed by atoms with van der Waals surface area (Å²) in [7, 11) is 0. The lowest BCUT2D eigenvalue weighted by atomic mass is 9.50. The number of ether oxygens (including phenoxy) is 2. The van der Waals surface area contributed by atoms with Crippen molar-refractivity contribution in [2.75, 3.05) is 0 Å². The highest BCUT2D eigenvalue weighted by Gasteiger charge is 2.56. The molecule has 0 aromatic carbocycles. The second-order valence-corrected chi connectivity index (χ2v) is 8.82. The first-order valence-electron chi connectivity index (χ1n) is 9.13. The Labute approximate surface area is 135 Å². The van der Waals surface area contributed by atoms with E-state index in [0.29, 0.717) is 11.8 Å². The molecular weight excluding hydrogens is 276 g/mol. The Hall–Kier alpha value is -0.570. The van der Waals surface area contributed by atoms with Crippen molar-refractivity contribution in [3.8, 4) is 0 Å². The number of rotatable bonds is 5. The first-order chi connectivity index (χ1) is 10.2. The Morgan fingerprint density at radius 2 is 1.64 bits per heavy atom. The molecule has 4 aliphatic carbocycles. The van der Waals surface area contributed by atoms with Crippen LogP contribution in [-0.2, 0) is 14.3 Å². The summed E-state index contributed by atoms with van der Waals surface area (Å²) in [5.41, 5.74) is -0.522. The Bertz CT molecular complexity index is 412. The van der Waals surface area contributed by atoms with E-state index in [0.717, 1.165) is 18.3 Å². The van der Waals surface area contributed by atoms with Crippen LogP contribution >= 0.6 is 0 Å². The van der Waals surface area contributed by atoms with E-state index >= 15 is 0 Å². The van der Waals surface area contributed by atoms with Crippen LogP contribution in [0, 0.1) is 29.1 Å². The third kappa shape index (κ3) is 2.70. The van der Waals surface area contributed by atoms with Gasteiger partial charge in [-0.05, 0) is 89.9 Å². The summed E-state index contributed by atoms with van der Waals surface area (Å²) in [6, 6.07) is 0. The fourth-order valence-electron chi connectivity index (χ4n) is 5.15. The van der Waals surface area contributed by atoms with Crippen molar-refractivity contribution >= 4 is 5.97 Å². The van der Waals surface area contributed by atoms with E-state index in [1.54, 1.807) is 0 Å². The maximum atomic E-state index is 12.3. The molecule has 0 radical (unpaired) electrons. The lowest BCUT2D eigenvalue weighted by Gasteiger charge is -2.59. The molecule has 4 saturated carbocycles. The molecule has 0 aromatic rings. The van der Waals surface area contributed by atoms with Gasteiger partial charge >= 0.3 is 5.97 Å². The number of hydrogen-bond acceptors (Lipinski definition) is 3. The van der Waals surface area contributed by atoms with Crippen LogP contribution in [-0.4, -0.2) is 17.9 Å². The van der Waals surface area contributed by atoms with Crippen molar-refractivity contribution in [2.45, 2.75) is 85.0 Å². The molecule has 0 aliphatic heterocycles. The summed E-state index contributed by atoms with van der Waals surface area (Å²) in [5.74, 6) is 3.02. The fraction of sp³-hybridized carbons (Fsp3) is 0.947. The van der Waals surface area contributed by atoms with Gasteiger partial charge in [-0.3, -0.25) is 4.79 Å². The summed E-state index contributed by atoms with van der Waals surface area (Å²) in [5, 5.41) is 0. The Kier molecular flexibility index (Phi) is 4.08. The van der Waals surface area contributed by atoms with Crippen molar-refractivity contribution in [1.29, 1.82) is 0 Å². The fourth-order valence-corrected chi connectivity index (χ4v) is 5.15. The molecule has 0 amide bonds. The minimum atomic E-state index is -0.444. The zero-order valence-electron chi connectivity index (χ0n) is 14.9. The van der Waals surface area contributed by atoms with Crippen LogP contribution in [0.2, 0.25) is 0 Å². The third-order valence-electron chi connectivity index (χ3n) is 6.89. The number of carbonyl (C=O) groups is 1. The van der Waals surface area contributed by atoms with E-state index in [4.69, 9.17) is 9.47 Å². The molecule has 1 atom stereocenters. The molecule has 4 bridgehead atoms. The van der Waals surface area contributed by atoms with E-state index < -0.39 is 11.7 Å². The van der Waals surface area contributed by atoms with E-state index in [2.05, 4.69) is 6.92 Å². The molecular formula is C19H32O3. The van der Waals surface area contributed by atoms with Gasteiger partial charge in [0.15, 0.2) is 0 Å². The summed E-state index contributed by atoms with van der Waals surface area (Å²) >= 11 is 0. The monoisotopic (exact) mass is 308 g/mol. The highest BCUT2D eigenvalue weighted by Crippen LogP contribution is 2.59. The van der Waals surface area contributed by atoms with Crippen LogP contribution < -0.4 is 0 Å². The first-order valence-corrected chi connectivity index (χ1v) is 9.13. The Balaban J connectivity index is 1.64. The third-order valence-corrected chi connectivity index (χ3v) is 6.89. The predicted molar refractivity (Wildman–Crippen MR) is 86.2 cm³/mol. The molecule has 4 fully saturated rings. The summed E-state index contributed by atoms with van der Waals surface area (Å²) in [4.78, 5) is 12.3. The van der Waals surface area contributed by atoms with Gasteiger partial charge < -0.3 is 9.47 Å². The molecule has 22 heavy (non-hydrogen) atoms. The van der Waals surface area contributed by atoms with Crippen LogP contribution in [0.25, 0.3) is 0 Å². The minimum absolute atomic E-state index is 0.0938. The quantitative estimate of drug-likeness (QED) is 0.552. The average molecular weight is 308 g/mol. The van der Waals surface area contributed by atoms with E-state index in [9.17, 15) is 4.79 Å². The van der Waals surface area contributed by atoms with Crippen LogP contribution in [0.3, 0.4) is 0 Å². The Morgan fingerprint density at radius 3 is 2.09 bits per heavy atom. The minimum Gasteiger partial charge on any atom is -0.436 e. The van der Waals surface area contributed by atoms with E-state index in [-0.39, 0.29) is 11.6 Å². The number of hydrogen-bond donors (Lipinski definition) is 0. The lowest BCUT2D eigenvalue weighted by molar-refractivity contribution is -0.265. The molecule has 0 heterocycles. The van der Waals surface area contributed by atoms with Gasteiger partial charge in [0.1, 0.15) is 0 Å². The molecule has 4 aliphatic rings. The maximum Gasteiger partial charge on any atom is 0.313 e. The summed E-state index contributed by atoms with van der Waals surface area (Å²) < 4.78 is 12.0. The number of esters is 1. The van der Waals surface area contributed by atoms with Crippen LogP contribution in [0.4, 0.5) is 0 Å². The zero-order chi connectivity index (χ0) is 16.1. The Morgan fingerprint density at radius 1 is 1.14 bits per heavy atom. The largest absolute Gasteiger partial charge is 0.436 e. The van der Waals surface area contributed by atoms with Crippen molar-refractivity contribution < 1.29 is 14.3 Å². The van der Waals surface area contributed by atoms with Crippen molar-refractivity contribution in [3.05, 3.63) is 0 Å². The second kappa shape index (κ2) is 5.51. The van der Waals surface area contributed by atoms with Gasteiger partial charge in [-0.1, -0.05) is 6.92 Å². The summed E-state index contributed by atoms with van der Waals surface area (Å²) in [6.07, 6.45) is 7.02.